The molecule has 1 N–H and O–H groups in total. The molecule has 0 atom stereocenters. The van der Waals surface area contributed by atoms with Crippen molar-refractivity contribution >= 4 is 5.91 Å². The summed E-state index contributed by atoms with van der Waals surface area (Å²) in [6, 6.07) is 18.3. The fraction of sp³-hybridized carbons (Fsp3) is 0.316. The van der Waals surface area contributed by atoms with Crippen LogP contribution in [0.1, 0.15) is 30.5 Å². The summed E-state index contributed by atoms with van der Waals surface area (Å²) < 4.78 is 0. The van der Waals surface area contributed by atoms with Gasteiger partial charge in [-0.2, -0.15) is 0 Å². The molecule has 0 unspecified atom stereocenters. The molecule has 0 aromatic heterocycles. The van der Waals surface area contributed by atoms with Crippen molar-refractivity contribution in [1.82, 2.24) is 5.32 Å². The lowest BCUT2D eigenvalue weighted by Crippen LogP contribution is -2.37. The lowest BCUT2D eigenvalue weighted by atomic mass is 9.84. The van der Waals surface area contributed by atoms with Crippen LogP contribution in [0.25, 0.3) is 0 Å². The van der Waals surface area contributed by atoms with E-state index >= 15 is 0 Å². The summed E-state index contributed by atoms with van der Waals surface area (Å²) in [6.07, 6.45) is 0.442. The largest absolute Gasteiger partial charge is 0.355 e. The zero-order valence-electron chi connectivity index (χ0n) is 13.0. The second kappa shape index (κ2) is 6.57. The Hall–Kier alpha value is -2.09. The summed E-state index contributed by atoms with van der Waals surface area (Å²) >= 11 is 0. The average Bonchev–Trinajstić information content (AvgIpc) is 2.49. The molecule has 0 aliphatic rings. The van der Waals surface area contributed by atoms with E-state index in [-0.39, 0.29) is 11.3 Å². The SMILES string of the molecule is Cc1ccccc1CC(=O)NCC(C)(C)c1ccccc1. The van der Waals surface area contributed by atoms with E-state index in [1.165, 1.54) is 5.56 Å². The molecule has 2 nitrogen and oxygen atoms in total. The van der Waals surface area contributed by atoms with Gasteiger partial charge in [-0.25, -0.2) is 0 Å². The summed E-state index contributed by atoms with van der Waals surface area (Å²) in [5.74, 6) is 0.0771. The Morgan fingerprint density at radius 1 is 1.00 bits per heavy atom. The van der Waals surface area contributed by atoms with Crippen molar-refractivity contribution in [3.05, 3.63) is 71.3 Å². The highest BCUT2D eigenvalue weighted by Crippen LogP contribution is 2.21. The molecule has 2 rings (SSSR count). The van der Waals surface area contributed by atoms with E-state index in [4.69, 9.17) is 0 Å². The molecule has 0 radical (unpaired) electrons. The van der Waals surface area contributed by atoms with Crippen LogP contribution in [-0.4, -0.2) is 12.5 Å². The topological polar surface area (TPSA) is 29.1 Å². The first-order valence-electron chi connectivity index (χ1n) is 7.36. The standard InChI is InChI=1S/C19H23NO/c1-15-9-7-8-10-16(15)13-18(21)20-14-19(2,3)17-11-5-4-6-12-17/h4-12H,13-14H2,1-3H3,(H,20,21). The second-order valence-corrected chi connectivity index (χ2v) is 6.13. The lowest BCUT2D eigenvalue weighted by Gasteiger charge is -2.25. The molecule has 21 heavy (non-hydrogen) atoms. The van der Waals surface area contributed by atoms with E-state index in [0.29, 0.717) is 13.0 Å². The third-order valence-electron chi connectivity index (χ3n) is 3.90. The highest BCUT2D eigenvalue weighted by molar-refractivity contribution is 5.79. The first-order valence-corrected chi connectivity index (χ1v) is 7.36. The van der Waals surface area contributed by atoms with E-state index in [0.717, 1.165) is 11.1 Å². The van der Waals surface area contributed by atoms with Crippen molar-refractivity contribution < 1.29 is 4.79 Å². The maximum Gasteiger partial charge on any atom is 0.224 e. The van der Waals surface area contributed by atoms with Gasteiger partial charge in [0.25, 0.3) is 0 Å². The predicted molar refractivity (Wildman–Crippen MR) is 87.4 cm³/mol. The van der Waals surface area contributed by atoms with Crippen LogP contribution < -0.4 is 5.32 Å². The van der Waals surface area contributed by atoms with Crippen molar-refractivity contribution in [3.63, 3.8) is 0 Å². The van der Waals surface area contributed by atoms with E-state index in [9.17, 15) is 4.79 Å². The third kappa shape index (κ3) is 4.19. The Morgan fingerprint density at radius 2 is 1.62 bits per heavy atom. The molecule has 0 aliphatic carbocycles. The van der Waals surface area contributed by atoms with E-state index in [2.05, 4.69) is 31.3 Å². The number of hydrogen-bond donors (Lipinski definition) is 1. The van der Waals surface area contributed by atoms with Gasteiger partial charge in [-0.3, -0.25) is 4.79 Å². The smallest absolute Gasteiger partial charge is 0.224 e. The van der Waals surface area contributed by atoms with Crippen LogP contribution in [0.5, 0.6) is 0 Å². The Balaban J connectivity index is 1.94. The van der Waals surface area contributed by atoms with Gasteiger partial charge in [0.15, 0.2) is 0 Å². The van der Waals surface area contributed by atoms with Crippen molar-refractivity contribution in [1.29, 1.82) is 0 Å². The van der Waals surface area contributed by atoms with Gasteiger partial charge in [0.1, 0.15) is 0 Å². The maximum atomic E-state index is 12.1. The molecule has 1 amide bonds. The normalized spacial score (nSPS) is 11.2. The van der Waals surface area contributed by atoms with Gasteiger partial charge in [0.2, 0.25) is 5.91 Å². The molecule has 0 aliphatic heterocycles. The zero-order chi connectivity index (χ0) is 15.3. The number of aryl methyl sites for hydroxylation is 1. The Bertz CT molecular complexity index is 602. The minimum absolute atomic E-state index is 0.0668. The number of nitrogens with one attached hydrogen (secondary N) is 1. The van der Waals surface area contributed by atoms with Crippen LogP contribution in [0, 0.1) is 6.92 Å². The number of hydrogen-bond acceptors (Lipinski definition) is 1. The maximum absolute atomic E-state index is 12.1. The van der Waals surface area contributed by atoms with Crippen molar-refractivity contribution in [3.8, 4) is 0 Å². The third-order valence-corrected chi connectivity index (χ3v) is 3.90. The summed E-state index contributed by atoms with van der Waals surface area (Å²) in [5.41, 5.74) is 3.42. The van der Waals surface area contributed by atoms with Crippen LogP contribution in [-0.2, 0) is 16.6 Å². The minimum Gasteiger partial charge on any atom is -0.355 e. The monoisotopic (exact) mass is 281 g/mol. The molecule has 0 saturated heterocycles. The van der Waals surface area contributed by atoms with Gasteiger partial charge in [-0.15, -0.1) is 0 Å². The molecule has 0 saturated carbocycles. The number of rotatable bonds is 5. The number of carbonyl (C=O) groups is 1. The lowest BCUT2D eigenvalue weighted by molar-refractivity contribution is -0.120. The number of amides is 1. The molecule has 2 aromatic carbocycles. The van der Waals surface area contributed by atoms with Crippen molar-refractivity contribution in [2.45, 2.75) is 32.6 Å². The highest BCUT2D eigenvalue weighted by atomic mass is 16.1. The van der Waals surface area contributed by atoms with Crippen LogP contribution in [0.3, 0.4) is 0 Å². The quantitative estimate of drug-likeness (QED) is 0.891. The summed E-state index contributed by atoms with van der Waals surface area (Å²) in [4.78, 5) is 12.1. The van der Waals surface area contributed by atoms with Crippen molar-refractivity contribution in [2.75, 3.05) is 6.54 Å². The van der Waals surface area contributed by atoms with Crippen LogP contribution >= 0.6 is 0 Å². The van der Waals surface area contributed by atoms with E-state index in [1.807, 2.05) is 49.4 Å². The highest BCUT2D eigenvalue weighted by Gasteiger charge is 2.21. The molecular weight excluding hydrogens is 258 g/mol. The summed E-state index contributed by atoms with van der Waals surface area (Å²) in [6.45, 7) is 6.98. The summed E-state index contributed by atoms with van der Waals surface area (Å²) in [7, 11) is 0. The van der Waals surface area contributed by atoms with Crippen molar-refractivity contribution in [2.24, 2.45) is 0 Å². The fourth-order valence-electron chi connectivity index (χ4n) is 2.35. The average molecular weight is 281 g/mol. The Labute approximate surface area is 127 Å². The van der Waals surface area contributed by atoms with Crippen LogP contribution in [0.2, 0.25) is 0 Å². The Morgan fingerprint density at radius 3 is 2.29 bits per heavy atom. The van der Waals surface area contributed by atoms with Gasteiger partial charge in [-0.05, 0) is 23.6 Å². The van der Waals surface area contributed by atoms with Gasteiger partial charge < -0.3 is 5.32 Å². The predicted octanol–water partition coefficient (Wildman–Crippen LogP) is 3.63. The van der Waals surface area contributed by atoms with E-state index < -0.39 is 0 Å². The van der Waals surface area contributed by atoms with Crippen LogP contribution in [0.4, 0.5) is 0 Å². The van der Waals surface area contributed by atoms with Crippen LogP contribution in [0.15, 0.2) is 54.6 Å². The van der Waals surface area contributed by atoms with Gasteiger partial charge >= 0.3 is 0 Å². The molecule has 0 heterocycles. The molecule has 0 spiro atoms. The second-order valence-electron chi connectivity index (χ2n) is 6.13. The molecule has 110 valence electrons. The van der Waals surface area contributed by atoms with Gasteiger partial charge in [0.05, 0.1) is 6.42 Å². The molecule has 2 aromatic rings. The minimum atomic E-state index is -0.0668. The molecule has 2 heteroatoms. The molecule has 0 bridgehead atoms. The molecular formula is C19H23NO. The summed E-state index contributed by atoms with van der Waals surface area (Å²) in [5, 5.41) is 3.06. The number of benzene rings is 2. The molecule has 0 fully saturated rings. The van der Waals surface area contributed by atoms with Gasteiger partial charge in [0, 0.05) is 12.0 Å². The van der Waals surface area contributed by atoms with E-state index in [1.54, 1.807) is 0 Å². The first-order chi connectivity index (χ1) is 9.99. The first kappa shape index (κ1) is 15.3. The Kier molecular flexibility index (Phi) is 4.79. The van der Waals surface area contributed by atoms with Gasteiger partial charge in [-0.1, -0.05) is 68.4 Å². The zero-order valence-corrected chi connectivity index (χ0v) is 13.0. The number of carbonyl (C=O) groups excluding carboxylic acids is 1. The fourth-order valence-corrected chi connectivity index (χ4v) is 2.35.